The van der Waals surface area contributed by atoms with Gasteiger partial charge < -0.3 is 0 Å². The van der Waals surface area contributed by atoms with Crippen molar-refractivity contribution >= 4 is 32.5 Å². The van der Waals surface area contributed by atoms with E-state index in [-0.39, 0.29) is 0 Å². The summed E-state index contributed by atoms with van der Waals surface area (Å²) in [4.78, 5) is 6.16. The summed E-state index contributed by atoms with van der Waals surface area (Å²) in [7, 11) is 0. The van der Waals surface area contributed by atoms with Crippen molar-refractivity contribution in [2.75, 3.05) is 0 Å². The van der Waals surface area contributed by atoms with E-state index in [1.54, 1.807) is 0 Å². The molecule has 0 bridgehead atoms. The summed E-state index contributed by atoms with van der Waals surface area (Å²) in [5.41, 5.74) is 0.983. The summed E-state index contributed by atoms with van der Waals surface area (Å²) in [5.74, 6) is 0. The van der Waals surface area contributed by atoms with E-state index in [2.05, 4.69) is 17.1 Å². The molecule has 1 aromatic carbocycles. The molecule has 0 radical (unpaired) electrons. The van der Waals surface area contributed by atoms with E-state index in [9.17, 15) is 0 Å². The summed E-state index contributed by atoms with van der Waals surface area (Å²) in [6.07, 6.45) is 0. The van der Waals surface area contributed by atoms with E-state index in [1.807, 2.05) is 30.3 Å². The standard InChI is InChI=1S/C12H6N2S/c13-7-10-6-9-5-8-3-1-2-4-11(8)14-12(9)15-10/h1-6H. The van der Waals surface area contributed by atoms with Crippen LogP contribution in [-0.4, -0.2) is 4.98 Å². The van der Waals surface area contributed by atoms with Gasteiger partial charge in [0.15, 0.2) is 0 Å². The van der Waals surface area contributed by atoms with E-state index in [0.29, 0.717) is 4.88 Å². The number of pyridine rings is 1. The molecule has 0 fully saturated rings. The van der Waals surface area contributed by atoms with Gasteiger partial charge in [-0.1, -0.05) is 18.2 Å². The van der Waals surface area contributed by atoms with Gasteiger partial charge in [-0.3, -0.25) is 0 Å². The van der Waals surface area contributed by atoms with Gasteiger partial charge >= 0.3 is 0 Å². The van der Waals surface area contributed by atoms with E-state index in [4.69, 9.17) is 5.26 Å². The molecular weight excluding hydrogens is 204 g/mol. The molecule has 0 saturated carbocycles. The van der Waals surface area contributed by atoms with Crippen molar-refractivity contribution in [1.29, 1.82) is 5.26 Å². The van der Waals surface area contributed by atoms with Crippen LogP contribution >= 0.6 is 11.3 Å². The number of fused-ring (bicyclic) bond motifs is 2. The molecule has 3 aromatic rings. The molecule has 0 saturated heterocycles. The maximum Gasteiger partial charge on any atom is 0.125 e. The topological polar surface area (TPSA) is 36.7 Å². The Balaban J connectivity index is 2.46. The SMILES string of the molecule is N#Cc1cc2cc3ccccc3nc2s1. The number of aromatic nitrogens is 1. The van der Waals surface area contributed by atoms with Gasteiger partial charge in [0.25, 0.3) is 0 Å². The predicted octanol–water partition coefficient (Wildman–Crippen LogP) is 3.32. The highest BCUT2D eigenvalue weighted by atomic mass is 32.1. The van der Waals surface area contributed by atoms with Crippen LogP contribution in [0.4, 0.5) is 0 Å². The Labute approximate surface area is 90.4 Å². The molecule has 0 unspecified atom stereocenters. The number of thiophene rings is 1. The average Bonchev–Trinajstić information content (AvgIpc) is 2.67. The van der Waals surface area contributed by atoms with Gasteiger partial charge in [0.2, 0.25) is 0 Å². The fraction of sp³-hybridized carbons (Fsp3) is 0. The first-order chi connectivity index (χ1) is 7.36. The minimum absolute atomic E-state index is 0.716. The van der Waals surface area contributed by atoms with Gasteiger partial charge in [0.05, 0.1) is 5.52 Å². The van der Waals surface area contributed by atoms with Crippen LogP contribution in [0.5, 0.6) is 0 Å². The van der Waals surface area contributed by atoms with Crippen molar-refractivity contribution in [3.8, 4) is 6.07 Å². The highest BCUT2D eigenvalue weighted by Crippen LogP contribution is 2.26. The summed E-state index contributed by atoms with van der Waals surface area (Å²) in [5, 5.41) is 11.0. The Kier molecular flexibility index (Phi) is 1.70. The molecular formula is C12H6N2S. The minimum atomic E-state index is 0.716. The highest BCUT2D eigenvalue weighted by molar-refractivity contribution is 7.19. The number of hydrogen-bond donors (Lipinski definition) is 0. The second-order valence-electron chi connectivity index (χ2n) is 3.30. The van der Waals surface area contributed by atoms with Crippen LogP contribution in [0.3, 0.4) is 0 Å². The van der Waals surface area contributed by atoms with Crippen molar-refractivity contribution in [1.82, 2.24) is 4.98 Å². The van der Waals surface area contributed by atoms with E-state index >= 15 is 0 Å². The Morgan fingerprint density at radius 3 is 2.87 bits per heavy atom. The number of para-hydroxylation sites is 1. The molecule has 2 nitrogen and oxygen atoms in total. The van der Waals surface area contributed by atoms with Gasteiger partial charge in [-0.2, -0.15) is 5.26 Å². The fourth-order valence-electron chi connectivity index (χ4n) is 1.63. The molecule has 0 aliphatic carbocycles. The van der Waals surface area contributed by atoms with Gasteiger partial charge in [-0.15, -0.1) is 11.3 Å². The number of hydrogen-bond acceptors (Lipinski definition) is 3. The van der Waals surface area contributed by atoms with Crippen LogP contribution in [0, 0.1) is 11.3 Å². The number of rotatable bonds is 0. The zero-order valence-electron chi connectivity index (χ0n) is 7.77. The quantitative estimate of drug-likeness (QED) is 0.570. The molecule has 70 valence electrons. The van der Waals surface area contributed by atoms with Crippen molar-refractivity contribution in [2.45, 2.75) is 0 Å². The largest absolute Gasteiger partial charge is 0.237 e. The van der Waals surface area contributed by atoms with Crippen LogP contribution in [0.25, 0.3) is 21.1 Å². The van der Waals surface area contributed by atoms with Crippen LogP contribution in [-0.2, 0) is 0 Å². The normalized spacial score (nSPS) is 10.6. The van der Waals surface area contributed by atoms with Gasteiger partial charge in [0.1, 0.15) is 15.8 Å². The van der Waals surface area contributed by atoms with Crippen LogP contribution in [0.15, 0.2) is 36.4 Å². The maximum atomic E-state index is 8.81. The number of benzene rings is 1. The summed E-state index contributed by atoms with van der Waals surface area (Å²) in [6, 6.07) is 14.1. The molecule has 2 heterocycles. The Morgan fingerprint density at radius 2 is 2.00 bits per heavy atom. The third-order valence-electron chi connectivity index (χ3n) is 2.32. The van der Waals surface area contributed by atoms with Crippen molar-refractivity contribution in [2.24, 2.45) is 0 Å². The summed E-state index contributed by atoms with van der Waals surface area (Å²) < 4.78 is 0. The Bertz CT molecular complexity index is 639. The van der Waals surface area contributed by atoms with E-state index < -0.39 is 0 Å². The smallest absolute Gasteiger partial charge is 0.125 e. The van der Waals surface area contributed by atoms with Crippen molar-refractivity contribution in [3.63, 3.8) is 0 Å². The zero-order chi connectivity index (χ0) is 10.3. The van der Waals surface area contributed by atoms with Gasteiger partial charge in [0, 0.05) is 10.8 Å². The lowest BCUT2D eigenvalue weighted by Gasteiger charge is -1.95. The lowest BCUT2D eigenvalue weighted by Crippen LogP contribution is -1.76. The molecule has 2 aromatic heterocycles. The van der Waals surface area contributed by atoms with Crippen LogP contribution < -0.4 is 0 Å². The molecule has 0 atom stereocenters. The van der Waals surface area contributed by atoms with E-state index in [0.717, 1.165) is 21.1 Å². The molecule has 0 aliphatic rings. The number of nitrogens with zero attached hydrogens (tertiary/aromatic N) is 2. The Hall–Kier alpha value is -1.92. The first kappa shape index (κ1) is 8.39. The maximum absolute atomic E-state index is 8.81. The van der Waals surface area contributed by atoms with Crippen molar-refractivity contribution in [3.05, 3.63) is 41.3 Å². The monoisotopic (exact) mass is 210 g/mol. The Morgan fingerprint density at radius 1 is 1.13 bits per heavy atom. The molecule has 3 heteroatoms. The van der Waals surface area contributed by atoms with Crippen molar-refractivity contribution < 1.29 is 0 Å². The third kappa shape index (κ3) is 1.27. The number of nitriles is 1. The minimum Gasteiger partial charge on any atom is -0.237 e. The highest BCUT2D eigenvalue weighted by Gasteiger charge is 2.03. The van der Waals surface area contributed by atoms with E-state index in [1.165, 1.54) is 11.3 Å². The van der Waals surface area contributed by atoms with Gasteiger partial charge in [-0.05, 0) is 18.2 Å². The predicted molar refractivity (Wildman–Crippen MR) is 61.8 cm³/mol. The lowest BCUT2D eigenvalue weighted by atomic mass is 10.2. The molecule has 15 heavy (non-hydrogen) atoms. The summed E-state index contributed by atoms with van der Waals surface area (Å²) >= 11 is 1.44. The second-order valence-corrected chi connectivity index (χ2v) is 4.33. The molecule has 0 amide bonds. The molecule has 0 spiro atoms. The lowest BCUT2D eigenvalue weighted by molar-refractivity contribution is 1.52. The summed E-state index contributed by atoms with van der Waals surface area (Å²) in [6.45, 7) is 0. The average molecular weight is 210 g/mol. The molecule has 0 aliphatic heterocycles. The fourth-order valence-corrected chi connectivity index (χ4v) is 2.45. The van der Waals surface area contributed by atoms with Crippen LogP contribution in [0.1, 0.15) is 4.88 Å². The third-order valence-corrected chi connectivity index (χ3v) is 3.27. The molecule has 3 rings (SSSR count). The first-order valence-electron chi connectivity index (χ1n) is 4.56. The van der Waals surface area contributed by atoms with Crippen LogP contribution in [0.2, 0.25) is 0 Å². The molecule has 0 N–H and O–H groups in total. The second kappa shape index (κ2) is 3.04. The zero-order valence-corrected chi connectivity index (χ0v) is 8.58. The first-order valence-corrected chi connectivity index (χ1v) is 5.38. The van der Waals surface area contributed by atoms with Gasteiger partial charge in [-0.25, -0.2) is 4.98 Å².